The molecule has 2 aliphatic rings. The van der Waals surface area contributed by atoms with Crippen LogP contribution in [0.15, 0.2) is 30.3 Å². The number of carbonyl (C=O) groups excluding carboxylic acids is 4. The van der Waals surface area contributed by atoms with Crippen molar-refractivity contribution >= 4 is 30.7 Å². The minimum atomic E-state index is -1.20. The third-order valence-electron chi connectivity index (χ3n) is 7.60. The highest BCUT2D eigenvalue weighted by molar-refractivity contribution is 6.46. The molecule has 2 aromatic carbocycles. The molecule has 0 aromatic heterocycles. The van der Waals surface area contributed by atoms with E-state index in [1.54, 1.807) is 19.1 Å². The van der Waals surface area contributed by atoms with Gasteiger partial charge in [-0.2, -0.15) is 0 Å². The van der Waals surface area contributed by atoms with Gasteiger partial charge < -0.3 is 24.6 Å². The van der Waals surface area contributed by atoms with Crippen molar-refractivity contribution < 1.29 is 33.6 Å². The normalized spacial score (nSPS) is 17.9. The Balaban J connectivity index is 1.62. The second kappa shape index (κ2) is 11.5. The molecule has 1 unspecified atom stereocenters. The van der Waals surface area contributed by atoms with Crippen LogP contribution in [-0.2, 0) is 20.8 Å². The molecule has 4 amide bonds. The second-order valence-corrected chi connectivity index (χ2v) is 10.1. The number of rotatable bonds is 7. The summed E-state index contributed by atoms with van der Waals surface area (Å²) in [5.74, 6) is -1.45. The van der Waals surface area contributed by atoms with Crippen LogP contribution >= 0.6 is 0 Å². The van der Waals surface area contributed by atoms with Crippen LogP contribution in [0.3, 0.4) is 0 Å². The lowest BCUT2D eigenvalue weighted by molar-refractivity contribution is -0.153. The third-order valence-corrected chi connectivity index (χ3v) is 7.60. The van der Waals surface area contributed by atoms with Gasteiger partial charge in [-0.05, 0) is 68.0 Å². The number of fused-ring (bicyclic) bond motifs is 1. The Bertz CT molecular complexity index is 1310. The number of likely N-dealkylation sites (N-methyl/N-ethyl adjacent to an activating group) is 1. The van der Waals surface area contributed by atoms with Crippen LogP contribution in [0.2, 0.25) is 5.82 Å². The van der Waals surface area contributed by atoms with Crippen molar-refractivity contribution in [3.63, 3.8) is 0 Å². The Labute approximate surface area is 228 Å². The van der Waals surface area contributed by atoms with Crippen molar-refractivity contribution in [1.29, 1.82) is 0 Å². The Morgan fingerprint density at radius 3 is 2.59 bits per heavy atom. The Morgan fingerprint density at radius 1 is 1.15 bits per heavy atom. The van der Waals surface area contributed by atoms with Gasteiger partial charge >= 0.3 is 25.0 Å². The summed E-state index contributed by atoms with van der Waals surface area (Å²) in [6.07, 6.45) is 0.331. The number of amides is 4. The first-order valence-corrected chi connectivity index (χ1v) is 13.1. The van der Waals surface area contributed by atoms with E-state index in [-0.39, 0.29) is 25.3 Å². The molecule has 0 aliphatic carbocycles. The molecular formula is C28H34BN3O7. The number of methoxy groups -OCH3 is 1. The fraction of sp³-hybridized carbons (Fsp3) is 0.429. The van der Waals surface area contributed by atoms with Crippen LogP contribution in [0, 0.1) is 20.8 Å². The lowest BCUT2D eigenvalue weighted by Gasteiger charge is -2.33. The first kappa shape index (κ1) is 28.2. The number of para-hydroxylation sites is 1. The molecule has 0 saturated carbocycles. The van der Waals surface area contributed by atoms with Crippen LogP contribution < -0.4 is 14.7 Å². The van der Waals surface area contributed by atoms with E-state index < -0.39 is 36.8 Å². The summed E-state index contributed by atoms with van der Waals surface area (Å²) >= 11 is 0. The van der Waals surface area contributed by atoms with Crippen LogP contribution in [0.25, 0.3) is 0 Å². The number of hydrogen-bond acceptors (Lipinski definition) is 7. The predicted molar refractivity (Wildman–Crippen MR) is 145 cm³/mol. The average Bonchev–Trinajstić information content (AvgIpc) is 2.91. The van der Waals surface area contributed by atoms with Crippen LogP contribution in [-0.4, -0.2) is 72.3 Å². The Kier molecular flexibility index (Phi) is 8.29. The number of nitrogens with one attached hydrogen (secondary N) is 1. The number of urea groups is 1. The van der Waals surface area contributed by atoms with Crippen molar-refractivity contribution in [3.8, 4) is 11.5 Å². The SMILES string of the molecule is CCN1CCN(C(=O)NC(C(=O)C[C@H]2Cc3cccc(C)c3OB2O)c2cc(C)c(C)c(OC)c2)C(=O)C1=O. The summed E-state index contributed by atoms with van der Waals surface area (Å²) in [6.45, 7) is 8.00. The monoisotopic (exact) mass is 535 g/mol. The average molecular weight is 535 g/mol. The summed E-state index contributed by atoms with van der Waals surface area (Å²) in [4.78, 5) is 54.3. The molecular weight excluding hydrogens is 501 g/mol. The molecule has 11 heteroatoms. The van der Waals surface area contributed by atoms with Gasteiger partial charge in [-0.1, -0.05) is 24.3 Å². The van der Waals surface area contributed by atoms with E-state index in [1.165, 1.54) is 12.0 Å². The van der Waals surface area contributed by atoms with Crippen molar-refractivity contribution in [2.45, 2.75) is 52.4 Å². The number of ketones is 1. The van der Waals surface area contributed by atoms with Crippen molar-refractivity contribution in [2.75, 3.05) is 26.7 Å². The molecule has 2 aliphatic heterocycles. The standard InChI is InChI=1S/C28H34BN3O7/c1-6-31-10-11-32(27(35)26(31)34)28(36)30-24(20-12-17(3)18(4)23(14-20)38-5)22(33)15-21-13-19-9-7-8-16(2)25(19)39-29(21)37/h7-9,12,14,21,24,37H,6,10-11,13,15H2,1-5H3,(H,30,36)/t21-,24?/m1/s1. The van der Waals surface area contributed by atoms with E-state index in [0.717, 1.165) is 27.2 Å². The van der Waals surface area contributed by atoms with Gasteiger partial charge in [0, 0.05) is 31.9 Å². The summed E-state index contributed by atoms with van der Waals surface area (Å²) in [5.41, 5.74) is 4.00. The van der Waals surface area contributed by atoms with Crippen LogP contribution in [0.5, 0.6) is 11.5 Å². The number of piperazine rings is 1. The minimum absolute atomic E-state index is 0.0206. The Morgan fingerprint density at radius 2 is 1.90 bits per heavy atom. The fourth-order valence-corrected chi connectivity index (χ4v) is 5.15. The molecule has 2 atom stereocenters. The quantitative estimate of drug-likeness (QED) is 0.412. The molecule has 0 bridgehead atoms. The molecule has 2 heterocycles. The summed E-state index contributed by atoms with van der Waals surface area (Å²) in [6, 6.07) is 7.17. The number of aryl methyl sites for hydroxylation is 2. The number of ether oxygens (including phenoxy) is 1. The number of benzene rings is 2. The van der Waals surface area contributed by atoms with Gasteiger partial charge in [-0.3, -0.25) is 19.3 Å². The lowest BCUT2D eigenvalue weighted by Crippen LogP contribution is -2.58. The summed E-state index contributed by atoms with van der Waals surface area (Å²) < 4.78 is 11.2. The fourth-order valence-electron chi connectivity index (χ4n) is 5.15. The largest absolute Gasteiger partial charge is 0.536 e. The van der Waals surface area contributed by atoms with Crippen LogP contribution in [0.4, 0.5) is 4.79 Å². The van der Waals surface area contributed by atoms with E-state index in [9.17, 15) is 24.2 Å². The maximum absolute atomic E-state index is 13.8. The van der Waals surface area contributed by atoms with E-state index in [2.05, 4.69) is 5.32 Å². The first-order valence-electron chi connectivity index (χ1n) is 13.1. The lowest BCUT2D eigenvalue weighted by atomic mass is 9.64. The molecule has 1 saturated heterocycles. The summed E-state index contributed by atoms with van der Waals surface area (Å²) in [5, 5.41) is 13.4. The zero-order valence-electron chi connectivity index (χ0n) is 22.9. The molecule has 4 rings (SSSR count). The van der Waals surface area contributed by atoms with Gasteiger partial charge in [0.1, 0.15) is 17.5 Å². The molecule has 1 fully saturated rings. The van der Waals surface area contributed by atoms with Crippen molar-refractivity contribution in [2.24, 2.45) is 0 Å². The van der Waals surface area contributed by atoms with E-state index in [4.69, 9.17) is 9.39 Å². The summed E-state index contributed by atoms with van der Waals surface area (Å²) in [7, 11) is 0.322. The van der Waals surface area contributed by atoms with E-state index in [0.29, 0.717) is 30.0 Å². The molecule has 0 spiro atoms. The topological polar surface area (TPSA) is 125 Å². The van der Waals surface area contributed by atoms with Gasteiger partial charge in [0.25, 0.3) is 0 Å². The van der Waals surface area contributed by atoms with Gasteiger partial charge in [-0.15, -0.1) is 0 Å². The number of carbonyl (C=O) groups is 4. The molecule has 10 nitrogen and oxygen atoms in total. The van der Waals surface area contributed by atoms with Gasteiger partial charge in [0.2, 0.25) is 0 Å². The van der Waals surface area contributed by atoms with Gasteiger partial charge in [0.15, 0.2) is 5.78 Å². The number of Topliss-reactive ketones (excluding diaryl/α,β-unsaturated/α-hetero) is 1. The first-order chi connectivity index (χ1) is 18.5. The minimum Gasteiger partial charge on any atom is -0.536 e. The number of imide groups is 1. The van der Waals surface area contributed by atoms with Crippen LogP contribution in [0.1, 0.15) is 47.2 Å². The highest BCUT2D eigenvalue weighted by atomic mass is 16.5. The highest BCUT2D eigenvalue weighted by Gasteiger charge is 2.40. The molecule has 0 radical (unpaired) electrons. The number of nitrogens with zero attached hydrogens (tertiary/aromatic N) is 2. The maximum atomic E-state index is 13.8. The second-order valence-electron chi connectivity index (χ2n) is 10.1. The highest BCUT2D eigenvalue weighted by Crippen LogP contribution is 2.37. The van der Waals surface area contributed by atoms with Crippen molar-refractivity contribution in [1.82, 2.24) is 15.1 Å². The maximum Gasteiger partial charge on any atom is 0.526 e. The molecule has 2 N–H and O–H groups in total. The molecule has 206 valence electrons. The van der Waals surface area contributed by atoms with E-state index in [1.807, 2.05) is 39.0 Å². The van der Waals surface area contributed by atoms with Crippen molar-refractivity contribution in [3.05, 3.63) is 58.1 Å². The smallest absolute Gasteiger partial charge is 0.526 e. The van der Waals surface area contributed by atoms with Gasteiger partial charge in [0.05, 0.1) is 7.11 Å². The third kappa shape index (κ3) is 5.63. The Hall–Kier alpha value is -3.86. The molecule has 2 aromatic rings. The zero-order chi connectivity index (χ0) is 28.4. The van der Waals surface area contributed by atoms with Gasteiger partial charge in [-0.25, -0.2) is 4.79 Å². The molecule has 39 heavy (non-hydrogen) atoms. The zero-order valence-corrected chi connectivity index (χ0v) is 22.9. The van der Waals surface area contributed by atoms with E-state index >= 15 is 0 Å². The predicted octanol–water partition coefficient (Wildman–Crippen LogP) is 2.51. The number of hydrogen-bond donors (Lipinski definition) is 2.